The fourth-order valence-corrected chi connectivity index (χ4v) is 16.6. The topological polar surface area (TPSA) is 411 Å². The molecule has 7 fully saturated rings. The smallest absolute Gasteiger partial charge is 0.338 e. The maximum absolute atomic E-state index is 15.4. The molecule has 7 aromatic rings. The number of hydrogen-bond acceptors (Lipinski definition) is 26. The lowest BCUT2D eigenvalue weighted by Gasteiger charge is -2.49. The van der Waals surface area contributed by atoms with E-state index >= 15 is 4.79 Å². The van der Waals surface area contributed by atoms with Gasteiger partial charge in [-0.25, -0.2) is 27.6 Å². The first-order valence-electron chi connectivity index (χ1n) is 38.8. The number of esters is 1. The van der Waals surface area contributed by atoms with Gasteiger partial charge in [0.1, 0.15) is 108 Å². The summed E-state index contributed by atoms with van der Waals surface area (Å²) in [6.07, 6.45) is -18.6. The number of ketones is 1. The van der Waals surface area contributed by atoms with Crippen molar-refractivity contribution in [3.63, 3.8) is 0 Å². The van der Waals surface area contributed by atoms with Gasteiger partial charge >= 0.3 is 5.97 Å². The van der Waals surface area contributed by atoms with Crippen molar-refractivity contribution in [3.8, 4) is 33.8 Å². The van der Waals surface area contributed by atoms with Gasteiger partial charge in [-0.3, -0.25) is 14.4 Å². The minimum absolute atomic E-state index is 0.0457. The van der Waals surface area contributed by atoms with E-state index in [2.05, 4.69) is 36.3 Å². The van der Waals surface area contributed by atoms with Crippen LogP contribution >= 0.6 is 0 Å². The van der Waals surface area contributed by atoms with Crippen LogP contribution in [-0.2, 0) is 52.3 Å². The molecule has 7 aliphatic rings. The highest BCUT2D eigenvalue weighted by molar-refractivity contribution is 5.89. The number of hydrogen-bond donors (Lipinski definition) is 9. The lowest BCUT2D eigenvalue weighted by molar-refractivity contribution is -0.348. The second kappa shape index (κ2) is 36.0. The number of aromatic nitrogens is 9. The van der Waals surface area contributed by atoms with Gasteiger partial charge in [0.2, 0.25) is 5.91 Å². The van der Waals surface area contributed by atoms with Gasteiger partial charge in [-0.05, 0) is 101 Å². The zero-order valence-electron chi connectivity index (χ0n) is 62.0. The van der Waals surface area contributed by atoms with Crippen molar-refractivity contribution in [1.82, 2.24) is 55.2 Å². The van der Waals surface area contributed by atoms with E-state index in [1.807, 2.05) is 30.3 Å². The van der Waals surface area contributed by atoms with Crippen molar-refractivity contribution in [2.24, 2.45) is 17.8 Å². The van der Waals surface area contributed by atoms with Crippen LogP contribution in [0.4, 0.5) is 8.78 Å². The molecule has 3 saturated carbocycles. The van der Waals surface area contributed by atoms with Crippen molar-refractivity contribution >= 4 is 23.6 Å². The van der Waals surface area contributed by atoms with Crippen LogP contribution in [0.5, 0.6) is 0 Å². The molecular weight excluding hydrogens is 1460 g/mol. The zero-order chi connectivity index (χ0) is 78.4. The molecular formula is C79H97F2N11O20. The summed E-state index contributed by atoms with van der Waals surface area (Å²) in [5, 5.41) is 123. The summed E-state index contributed by atoms with van der Waals surface area (Å²) in [7, 11) is 0. The maximum atomic E-state index is 15.4. The van der Waals surface area contributed by atoms with E-state index in [4.69, 9.17) is 37.9 Å². The van der Waals surface area contributed by atoms with Crippen molar-refractivity contribution in [2.45, 2.75) is 238 Å². The molecule has 9 N–H and O–H groups in total. The number of likely N-dealkylation sites (tertiary alicyclic amines) is 1. The Kier molecular flexibility index (Phi) is 25.8. The maximum Gasteiger partial charge on any atom is 0.338 e. The first-order valence-corrected chi connectivity index (χ1v) is 38.8. The minimum Gasteiger partial charge on any atom is -0.450 e. The average Bonchev–Trinajstić information content (AvgIpc) is 1.05. The van der Waals surface area contributed by atoms with E-state index < -0.39 is 177 Å². The van der Waals surface area contributed by atoms with Crippen LogP contribution in [0.25, 0.3) is 33.8 Å². The van der Waals surface area contributed by atoms with Crippen LogP contribution < -0.4 is 5.32 Å². The number of aliphatic hydroxyl groups is 8. The van der Waals surface area contributed by atoms with Gasteiger partial charge in [0.05, 0.1) is 67.3 Å². The fourth-order valence-electron chi connectivity index (χ4n) is 16.6. The number of halogens is 2. The largest absolute Gasteiger partial charge is 0.450 e. The van der Waals surface area contributed by atoms with Crippen LogP contribution in [-0.4, -0.2) is 257 Å². The molecule has 2 amide bonds. The van der Waals surface area contributed by atoms with Crippen LogP contribution in [0.15, 0.2) is 128 Å². The predicted octanol–water partition coefficient (Wildman–Crippen LogP) is 4.51. The van der Waals surface area contributed by atoms with E-state index in [0.29, 0.717) is 35.5 Å². The number of aliphatic hydroxyl groups excluding tert-OH is 8. The van der Waals surface area contributed by atoms with Crippen LogP contribution in [0.1, 0.15) is 132 Å². The Morgan fingerprint density at radius 3 is 1.80 bits per heavy atom. The Balaban J connectivity index is 0.745. The predicted molar refractivity (Wildman–Crippen MR) is 388 cm³/mol. The third kappa shape index (κ3) is 17.9. The highest BCUT2D eigenvalue weighted by Gasteiger charge is 2.56. The molecule has 10 unspecified atom stereocenters. The van der Waals surface area contributed by atoms with Gasteiger partial charge in [-0.2, -0.15) is 0 Å². The van der Waals surface area contributed by atoms with Crippen molar-refractivity contribution in [3.05, 3.63) is 145 Å². The second-order valence-electron chi connectivity index (χ2n) is 30.5. The normalized spacial score (nSPS) is 32.8. The van der Waals surface area contributed by atoms with Gasteiger partial charge in [0.15, 0.2) is 25.0 Å². The van der Waals surface area contributed by atoms with E-state index in [1.54, 1.807) is 48.4 Å². The molecule has 33 heteroatoms. The quantitative estimate of drug-likeness (QED) is 0.0252. The monoisotopic (exact) mass is 1560 g/mol. The highest BCUT2D eigenvalue weighted by Crippen LogP contribution is 2.44. The first kappa shape index (κ1) is 80.3. The van der Waals surface area contributed by atoms with E-state index in [9.17, 15) is 64.0 Å². The van der Waals surface area contributed by atoms with E-state index in [1.165, 1.54) is 81.9 Å². The molecule has 0 radical (unpaired) electrons. The number of amides is 2. The molecule has 4 aliphatic heterocycles. The molecule has 3 aliphatic carbocycles. The Labute approximate surface area is 644 Å². The number of rotatable bonds is 27. The van der Waals surface area contributed by atoms with Gasteiger partial charge < -0.3 is 89.0 Å². The number of nitrogens with one attached hydrogen (secondary N) is 1. The third-order valence-corrected chi connectivity index (χ3v) is 23.0. The lowest BCUT2D eigenvalue weighted by Crippen LogP contribution is -2.64. The van der Waals surface area contributed by atoms with E-state index in [-0.39, 0.29) is 92.5 Å². The molecule has 112 heavy (non-hydrogen) atoms. The summed E-state index contributed by atoms with van der Waals surface area (Å²) in [6.45, 7) is 3.30. The molecule has 3 aromatic heterocycles. The molecule has 4 saturated heterocycles. The molecule has 0 spiro atoms. The van der Waals surface area contributed by atoms with Gasteiger partial charge in [0.25, 0.3) is 5.91 Å². The number of benzene rings is 4. The fraction of sp³-hybridized carbons (Fsp3) is 0.570. The average molecular weight is 1560 g/mol. The molecule has 31 nitrogen and oxygen atoms in total. The van der Waals surface area contributed by atoms with Crippen molar-refractivity contribution in [2.75, 3.05) is 26.2 Å². The second-order valence-corrected chi connectivity index (χ2v) is 30.5. The molecule has 24 atom stereocenters. The number of ether oxygens (including phenoxy) is 8. The Morgan fingerprint density at radius 1 is 0.571 bits per heavy atom. The summed E-state index contributed by atoms with van der Waals surface area (Å²) >= 11 is 0. The number of carbonyl (C=O) groups is 4. The summed E-state index contributed by atoms with van der Waals surface area (Å²) in [6, 6.07) is 25.1. The number of Topliss-reactive ketones (excluding diaryl/α,β-unsaturated/α-hetero) is 1. The Hall–Kier alpha value is -8.36. The third-order valence-electron chi connectivity index (χ3n) is 23.0. The standard InChI is InChI=1S/C79H97F2N11O20/c1-3-58-66(97)63(92-40-54(85-88-92)47-24-14-26-51(81)33-47)68(99)77(107-58)108-59-37-49(35-55(65(59)96)90-39-53(84-86-90)46-23-13-25-50(80)32-46)74(102)82-28-15-27-57(94)48-34-56(91-38-52(83-87-91)44-19-9-5-10-20-44)71(112-78-70(101)69(100)64(95)42(2)105-78)60(36-48)109-79-73(111-76(104)45-21-11-6-12-22-45)72(67(98)62(41-93)110-79)106-61(75(103)89-29-16-30-89)31-43-17-7-4-8-18-43/h5-6,9-14,19-26,32-33,38-40,42-43,48-49,55-56,58-73,77-79,93,95-101H,3-4,7-8,15-18,27-31,34-37,41H2,1-2H3,(H,82,102)/t42?,48?,49-,55?,56+,58?,59+,60+,61-,62-,63+,64+,65?,66-,67-,68?,69-,70?,71?,72?,73?,77-,78-,79+/m0/s1. The van der Waals surface area contributed by atoms with Gasteiger partial charge in [0, 0.05) is 54.6 Å². The van der Waals surface area contributed by atoms with Gasteiger partial charge in [-0.15, -0.1) is 15.3 Å². The van der Waals surface area contributed by atoms with Gasteiger partial charge in [-0.1, -0.05) is 127 Å². The first-order chi connectivity index (χ1) is 54.2. The summed E-state index contributed by atoms with van der Waals surface area (Å²) < 4.78 is 85.6. The Morgan fingerprint density at radius 2 is 1.16 bits per heavy atom. The summed E-state index contributed by atoms with van der Waals surface area (Å²) in [5.74, 6) is -4.96. The van der Waals surface area contributed by atoms with Crippen molar-refractivity contribution < 1.29 is 107 Å². The molecule has 602 valence electrons. The lowest BCUT2D eigenvalue weighted by atomic mass is 9.78. The Bertz CT molecular complexity index is 4290. The van der Waals surface area contributed by atoms with Crippen molar-refractivity contribution in [1.29, 1.82) is 0 Å². The highest BCUT2D eigenvalue weighted by atomic mass is 19.1. The van der Waals surface area contributed by atoms with Crippen LogP contribution in [0.2, 0.25) is 0 Å². The minimum atomic E-state index is -1.86. The summed E-state index contributed by atoms with van der Waals surface area (Å²) in [4.78, 5) is 61.0. The van der Waals surface area contributed by atoms with Crippen LogP contribution in [0.3, 0.4) is 0 Å². The van der Waals surface area contributed by atoms with Crippen LogP contribution in [0, 0.1) is 29.4 Å². The zero-order valence-corrected chi connectivity index (χ0v) is 62.0. The molecule has 4 aromatic carbocycles. The molecule has 0 bridgehead atoms. The summed E-state index contributed by atoms with van der Waals surface area (Å²) in [5.41, 5.74) is 2.44. The number of nitrogens with zero attached hydrogens (tertiary/aromatic N) is 10. The number of carbonyl (C=O) groups excluding carboxylic acids is 4. The van der Waals surface area contributed by atoms with E-state index in [0.717, 1.165) is 38.5 Å². The molecule has 7 heterocycles. The molecule has 14 rings (SSSR count). The SMILES string of the molecule is CCC1O[C@@H](O[C@@H]2C[C@@H](C(=O)NCCCC(=O)C3C[C@@H](n4cc(-c5ccccc5)nn4)C(O[C@@H]4OC(C)[C@@H](O)[C@H](O)C4O)[C@H](O[C@@H]4O[C@@H](CO)[C@H](O)C(O[C@@H](CC5CCCCC5)C(=O)N5CCC5)C4OC(=O)c4ccccc4)C3)CC(n3cc(-c4cccc(F)c4)nn3)C2O)C(O)[C@H](n2cc(-c3cccc(F)c3)nn2)[C@H]1O.